The summed E-state index contributed by atoms with van der Waals surface area (Å²) in [5, 5.41) is 8.65. The highest BCUT2D eigenvalue weighted by Gasteiger charge is 2.11. The fraction of sp³-hybridized carbons (Fsp3) is 0.300. The van der Waals surface area contributed by atoms with Crippen LogP contribution in [-0.2, 0) is 11.2 Å². The van der Waals surface area contributed by atoms with Crippen LogP contribution in [0.25, 0.3) is 0 Å². The summed E-state index contributed by atoms with van der Waals surface area (Å²) in [6.07, 6.45) is -0.0691. The molecule has 0 amide bonds. The zero-order chi connectivity index (χ0) is 10.6. The van der Waals surface area contributed by atoms with Crippen LogP contribution >= 0.6 is 12.4 Å². The summed E-state index contributed by atoms with van der Waals surface area (Å²) in [6.45, 7) is 0. The summed E-state index contributed by atoms with van der Waals surface area (Å²) >= 11 is 0. The summed E-state index contributed by atoms with van der Waals surface area (Å²) in [4.78, 5) is 10.5. The number of hydrogen-bond donors (Lipinski definition) is 1. The van der Waals surface area contributed by atoms with Gasteiger partial charge < -0.3 is 14.6 Å². The zero-order valence-electron chi connectivity index (χ0n) is 8.52. The summed E-state index contributed by atoms with van der Waals surface area (Å²) in [5.74, 6) is 0.139. The fourth-order valence-corrected chi connectivity index (χ4v) is 1.26. The van der Waals surface area contributed by atoms with Gasteiger partial charge in [-0.15, -0.1) is 12.4 Å². The van der Waals surface area contributed by atoms with E-state index >= 15 is 0 Å². The molecule has 15 heavy (non-hydrogen) atoms. The Morgan fingerprint density at radius 3 is 2.47 bits per heavy atom. The highest BCUT2D eigenvalue weighted by Crippen LogP contribution is 2.30. The third-order valence-electron chi connectivity index (χ3n) is 1.83. The number of rotatable bonds is 4. The topological polar surface area (TPSA) is 55.8 Å². The van der Waals surface area contributed by atoms with Crippen molar-refractivity contribution < 1.29 is 19.4 Å². The minimum atomic E-state index is -0.892. The Labute approximate surface area is 94.2 Å². The van der Waals surface area contributed by atoms with Crippen molar-refractivity contribution in [1.29, 1.82) is 0 Å². The van der Waals surface area contributed by atoms with Crippen molar-refractivity contribution in [3.8, 4) is 11.5 Å². The van der Waals surface area contributed by atoms with Gasteiger partial charge in [0.2, 0.25) is 0 Å². The van der Waals surface area contributed by atoms with Gasteiger partial charge in [-0.3, -0.25) is 4.79 Å². The summed E-state index contributed by atoms with van der Waals surface area (Å²) in [6, 6.07) is 5.17. The molecule has 0 radical (unpaired) electrons. The van der Waals surface area contributed by atoms with E-state index in [0.717, 1.165) is 0 Å². The first-order valence-corrected chi connectivity index (χ1v) is 4.10. The van der Waals surface area contributed by atoms with Crippen LogP contribution in [0.4, 0.5) is 0 Å². The Morgan fingerprint density at radius 2 is 2.00 bits per heavy atom. The van der Waals surface area contributed by atoms with E-state index in [-0.39, 0.29) is 18.8 Å². The molecule has 1 aromatic carbocycles. The van der Waals surface area contributed by atoms with E-state index in [4.69, 9.17) is 14.6 Å². The number of carbonyl (C=O) groups is 1. The number of aliphatic carboxylic acids is 1. The zero-order valence-corrected chi connectivity index (χ0v) is 9.34. The first-order chi connectivity index (χ1) is 6.69. The molecule has 0 spiro atoms. The molecule has 0 heterocycles. The molecule has 0 fully saturated rings. The Balaban J connectivity index is 0.00000196. The Bertz CT molecular complexity index is 338. The van der Waals surface area contributed by atoms with Crippen LogP contribution in [0.1, 0.15) is 5.56 Å². The number of halogens is 1. The van der Waals surface area contributed by atoms with Crippen molar-refractivity contribution in [2.75, 3.05) is 14.2 Å². The van der Waals surface area contributed by atoms with Crippen molar-refractivity contribution >= 4 is 18.4 Å². The van der Waals surface area contributed by atoms with Crippen LogP contribution in [0.2, 0.25) is 0 Å². The third kappa shape index (κ3) is 3.32. The maximum Gasteiger partial charge on any atom is 0.307 e. The van der Waals surface area contributed by atoms with Gasteiger partial charge in [0, 0.05) is 5.56 Å². The SMILES string of the molecule is COc1cccc(CC(=O)O)c1OC.Cl. The van der Waals surface area contributed by atoms with Crippen LogP contribution in [-0.4, -0.2) is 25.3 Å². The van der Waals surface area contributed by atoms with Crippen LogP contribution in [0.15, 0.2) is 18.2 Å². The minimum Gasteiger partial charge on any atom is -0.493 e. The second-order valence-electron chi connectivity index (χ2n) is 2.72. The van der Waals surface area contributed by atoms with Gasteiger partial charge in [-0.2, -0.15) is 0 Å². The molecule has 0 bridgehead atoms. The number of methoxy groups -OCH3 is 2. The Morgan fingerprint density at radius 1 is 1.33 bits per heavy atom. The number of carboxylic acid groups (broad SMARTS) is 1. The maximum atomic E-state index is 10.5. The fourth-order valence-electron chi connectivity index (χ4n) is 1.26. The second-order valence-corrected chi connectivity index (χ2v) is 2.72. The van der Waals surface area contributed by atoms with Crippen molar-refractivity contribution in [3.05, 3.63) is 23.8 Å². The molecule has 0 saturated heterocycles. The predicted octanol–water partition coefficient (Wildman–Crippen LogP) is 1.75. The molecular weight excluding hydrogens is 220 g/mol. The van der Waals surface area contributed by atoms with Crippen molar-refractivity contribution in [2.45, 2.75) is 6.42 Å². The van der Waals surface area contributed by atoms with Gasteiger partial charge in [0.05, 0.1) is 20.6 Å². The molecule has 0 unspecified atom stereocenters. The highest BCUT2D eigenvalue weighted by molar-refractivity contribution is 5.85. The van der Waals surface area contributed by atoms with Crippen molar-refractivity contribution in [3.63, 3.8) is 0 Å². The molecule has 0 aromatic heterocycles. The monoisotopic (exact) mass is 232 g/mol. The molecule has 0 atom stereocenters. The van der Waals surface area contributed by atoms with Crippen LogP contribution in [0.5, 0.6) is 11.5 Å². The Hall–Kier alpha value is -1.42. The van der Waals surface area contributed by atoms with Crippen LogP contribution in [0.3, 0.4) is 0 Å². The van der Waals surface area contributed by atoms with E-state index in [0.29, 0.717) is 17.1 Å². The van der Waals surface area contributed by atoms with E-state index in [2.05, 4.69) is 0 Å². The van der Waals surface area contributed by atoms with E-state index in [1.165, 1.54) is 14.2 Å². The largest absolute Gasteiger partial charge is 0.493 e. The molecule has 1 rings (SSSR count). The summed E-state index contributed by atoms with van der Waals surface area (Å²) < 4.78 is 10.1. The van der Waals surface area contributed by atoms with Gasteiger partial charge in [0.15, 0.2) is 11.5 Å². The van der Waals surface area contributed by atoms with Crippen molar-refractivity contribution in [2.24, 2.45) is 0 Å². The minimum absolute atomic E-state index is 0. The summed E-state index contributed by atoms with van der Waals surface area (Å²) in [7, 11) is 3.01. The lowest BCUT2D eigenvalue weighted by Crippen LogP contribution is -2.03. The average Bonchev–Trinajstić information content (AvgIpc) is 2.16. The molecule has 1 aromatic rings. The average molecular weight is 233 g/mol. The van der Waals surface area contributed by atoms with E-state index in [1.54, 1.807) is 18.2 Å². The quantitative estimate of drug-likeness (QED) is 0.860. The van der Waals surface area contributed by atoms with Gasteiger partial charge in [0.25, 0.3) is 0 Å². The molecule has 0 aliphatic carbocycles. The smallest absolute Gasteiger partial charge is 0.307 e. The Kier molecular flexibility index (Phi) is 5.56. The summed E-state index contributed by atoms with van der Waals surface area (Å²) in [5.41, 5.74) is 0.611. The van der Waals surface area contributed by atoms with E-state index in [1.807, 2.05) is 0 Å². The van der Waals surface area contributed by atoms with Gasteiger partial charge in [0.1, 0.15) is 0 Å². The van der Waals surface area contributed by atoms with E-state index < -0.39 is 5.97 Å². The van der Waals surface area contributed by atoms with Gasteiger partial charge >= 0.3 is 5.97 Å². The molecule has 5 heteroatoms. The molecule has 0 aliphatic rings. The number of hydrogen-bond acceptors (Lipinski definition) is 3. The van der Waals surface area contributed by atoms with Crippen LogP contribution in [0, 0.1) is 0 Å². The molecule has 84 valence electrons. The molecule has 4 nitrogen and oxygen atoms in total. The first-order valence-electron chi connectivity index (χ1n) is 4.10. The lowest BCUT2D eigenvalue weighted by Gasteiger charge is -2.10. The molecule has 0 saturated carbocycles. The molecule has 1 N–H and O–H groups in total. The lowest BCUT2D eigenvalue weighted by molar-refractivity contribution is -0.136. The molecular formula is C10H13ClO4. The predicted molar refractivity (Wildman–Crippen MR) is 58.1 cm³/mol. The second kappa shape index (κ2) is 6.14. The third-order valence-corrected chi connectivity index (χ3v) is 1.83. The molecule has 0 aliphatic heterocycles. The number of ether oxygens (including phenoxy) is 2. The van der Waals surface area contributed by atoms with Gasteiger partial charge in [-0.05, 0) is 6.07 Å². The van der Waals surface area contributed by atoms with Gasteiger partial charge in [-0.1, -0.05) is 12.1 Å². The van der Waals surface area contributed by atoms with Crippen LogP contribution < -0.4 is 9.47 Å². The number of para-hydroxylation sites is 1. The lowest BCUT2D eigenvalue weighted by atomic mass is 10.1. The normalized spacial score (nSPS) is 8.93. The van der Waals surface area contributed by atoms with Crippen molar-refractivity contribution in [1.82, 2.24) is 0 Å². The number of carboxylic acids is 1. The number of benzene rings is 1. The first kappa shape index (κ1) is 13.6. The maximum absolute atomic E-state index is 10.5. The highest BCUT2D eigenvalue weighted by atomic mass is 35.5. The van der Waals surface area contributed by atoms with Gasteiger partial charge in [-0.25, -0.2) is 0 Å². The standard InChI is InChI=1S/C10H12O4.ClH/c1-13-8-5-3-4-7(6-9(11)12)10(8)14-2;/h3-5H,6H2,1-2H3,(H,11,12);1H. The van der Waals surface area contributed by atoms with E-state index in [9.17, 15) is 4.79 Å².